The normalized spacial score (nSPS) is 12.1. The zero-order chi connectivity index (χ0) is 12.1. The molecule has 1 aromatic carbocycles. The summed E-state index contributed by atoms with van der Waals surface area (Å²) in [4.78, 5) is 20.9. The van der Waals surface area contributed by atoms with Gasteiger partial charge in [0.2, 0.25) is 0 Å². The van der Waals surface area contributed by atoms with Crippen LogP contribution < -0.4 is 0 Å². The first-order valence-corrected chi connectivity index (χ1v) is 5.00. The molecule has 5 nitrogen and oxygen atoms in total. The van der Waals surface area contributed by atoms with Gasteiger partial charge in [-0.1, -0.05) is 19.1 Å². The molecule has 16 heavy (non-hydrogen) atoms. The minimum atomic E-state index is -0.867. The van der Waals surface area contributed by atoms with Crippen LogP contribution in [0.1, 0.15) is 18.9 Å². The number of hydrogen-bond donors (Lipinski definition) is 1. The number of aliphatic carboxylic acids is 1. The third-order valence-electron chi connectivity index (χ3n) is 2.45. The maximum Gasteiger partial charge on any atom is 0.306 e. The van der Waals surface area contributed by atoms with Crippen molar-refractivity contribution in [2.45, 2.75) is 19.8 Å². The van der Waals surface area contributed by atoms with Crippen LogP contribution in [0.4, 0.5) is 5.69 Å². The minimum absolute atomic E-state index is 0.00209. The van der Waals surface area contributed by atoms with Crippen LogP contribution in [-0.4, -0.2) is 16.0 Å². The highest BCUT2D eigenvalue weighted by molar-refractivity contribution is 5.70. The molecule has 0 aliphatic rings. The third kappa shape index (κ3) is 3.05. The zero-order valence-electron chi connectivity index (χ0n) is 8.92. The first kappa shape index (κ1) is 12.2. The SMILES string of the molecule is CC[C@H](Cc1cccc([N+](=O)[O-])c1)C(=O)O. The molecule has 0 saturated carbocycles. The van der Waals surface area contributed by atoms with Crippen molar-refractivity contribution in [1.29, 1.82) is 0 Å². The van der Waals surface area contributed by atoms with Crippen molar-refractivity contribution >= 4 is 11.7 Å². The summed E-state index contributed by atoms with van der Waals surface area (Å²) in [5, 5.41) is 19.4. The van der Waals surface area contributed by atoms with Crippen LogP contribution in [0.15, 0.2) is 24.3 Å². The number of nitro groups is 1. The second kappa shape index (κ2) is 5.25. The van der Waals surface area contributed by atoms with Crippen LogP contribution >= 0.6 is 0 Å². The molecule has 0 radical (unpaired) electrons. The van der Waals surface area contributed by atoms with Crippen molar-refractivity contribution in [1.82, 2.24) is 0 Å². The van der Waals surface area contributed by atoms with E-state index in [-0.39, 0.29) is 5.69 Å². The molecule has 0 aliphatic carbocycles. The Labute approximate surface area is 92.9 Å². The van der Waals surface area contributed by atoms with Crippen molar-refractivity contribution in [3.05, 3.63) is 39.9 Å². The Morgan fingerprint density at radius 3 is 2.75 bits per heavy atom. The van der Waals surface area contributed by atoms with E-state index < -0.39 is 16.8 Å². The van der Waals surface area contributed by atoms with Gasteiger partial charge in [-0.3, -0.25) is 14.9 Å². The van der Waals surface area contributed by atoms with Gasteiger partial charge in [-0.15, -0.1) is 0 Å². The highest BCUT2D eigenvalue weighted by atomic mass is 16.6. The van der Waals surface area contributed by atoms with Crippen LogP contribution in [0.25, 0.3) is 0 Å². The van der Waals surface area contributed by atoms with Crippen LogP contribution in [0.2, 0.25) is 0 Å². The summed E-state index contributed by atoms with van der Waals surface area (Å²) in [6.45, 7) is 1.79. The molecule has 0 spiro atoms. The van der Waals surface area contributed by atoms with Gasteiger partial charge in [0, 0.05) is 12.1 Å². The lowest BCUT2D eigenvalue weighted by Gasteiger charge is -2.08. The minimum Gasteiger partial charge on any atom is -0.481 e. The summed E-state index contributed by atoms with van der Waals surface area (Å²) >= 11 is 0. The van der Waals surface area contributed by atoms with E-state index in [9.17, 15) is 14.9 Å². The lowest BCUT2D eigenvalue weighted by atomic mass is 9.97. The molecular formula is C11H13NO4. The number of carbonyl (C=O) groups is 1. The quantitative estimate of drug-likeness (QED) is 0.613. The maximum absolute atomic E-state index is 10.8. The summed E-state index contributed by atoms with van der Waals surface area (Å²) in [5.41, 5.74) is 0.682. The van der Waals surface area contributed by atoms with Crippen molar-refractivity contribution in [3.63, 3.8) is 0 Å². The highest BCUT2D eigenvalue weighted by Crippen LogP contribution is 2.17. The molecule has 0 aromatic heterocycles. The van der Waals surface area contributed by atoms with Gasteiger partial charge < -0.3 is 5.11 Å². The van der Waals surface area contributed by atoms with Crippen LogP contribution in [0.5, 0.6) is 0 Å². The zero-order valence-corrected chi connectivity index (χ0v) is 8.92. The van der Waals surface area contributed by atoms with Gasteiger partial charge in [-0.25, -0.2) is 0 Å². The lowest BCUT2D eigenvalue weighted by Crippen LogP contribution is -2.15. The predicted molar refractivity (Wildman–Crippen MR) is 58.2 cm³/mol. The second-order valence-corrected chi connectivity index (χ2v) is 3.57. The number of non-ortho nitro benzene ring substituents is 1. The average molecular weight is 223 g/mol. The summed E-state index contributed by atoms with van der Waals surface area (Å²) in [7, 11) is 0. The number of hydrogen-bond acceptors (Lipinski definition) is 3. The summed E-state index contributed by atoms with van der Waals surface area (Å²) < 4.78 is 0. The Morgan fingerprint density at radius 1 is 1.56 bits per heavy atom. The predicted octanol–water partition coefficient (Wildman–Crippen LogP) is 2.25. The first-order chi connectivity index (χ1) is 7.54. The molecule has 0 amide bonds. The van der Waals surface area contributed by atoms with E-state index in [4.69, 9.17) is 5.11 Å². The molecule has 1 N–H and O–H groups in total. The lowest BCUT2D eigenvalue weighted by molar-refractivity contribution is -0.384. The Balaban J connectivity index is 2.84. The standard InChI is InChI=1S/C11H13NO4/c1-2-9(11(13)14)6-8-4-3-5-10(7-8)12(15)16/h3-5,7,9H,2,6H2,1H3,(H,13,14)/t9-/m1/s1. The largest absolute Gasteiger partial charge is 0.481 e. The fourth-order valence-electron chi connectivity index (χ4n) is 1.49. The fourth-order valence-corrected chi connectivity index (χ4v) is 1.49. The van der Waals surface area contributed by atoms with Gasteiger partial charge in [0.1, 0.15) is 0 Å². The average Bonchev–Trinajstić information content (AvgIpc) is 2.25. The Bertz CT molecular complexity index is 403. The maximum atomic E-state index is 10.8. The van der Waals surface area contributed by atoms with Crippen LogP contribution in [-0.2, 0) is 11.2 Å². The molecule has 0 saturated heterocycles. The van der Waals surface area contributed by atoms with E-state index in [1.165, 1.54) is 12.1 Å². The molecular weight excluding hydrogens is 210 g/mol. The molecule has 0 heterocycles. The van der Waals surface area contributed by atoms with E-state index in [1.807, 2.05) is 0 Å². The Morgan fingerprint density at radius 2 is 2.25 bits per heavy atom. The van der Waals surface area contributed by atoms with E-state index >= 15 is 0 Å². The number of carboxylic acid groups (broad SMARTS) is 1. The molecule has 0 fully saturated rings. The first-order valence-electron chi connectivity index (χ1n) is 5.00. The number of nitro benzene ring substituents is 1. The van der Waals surface area contributed by atoms with Gasteiger partial charge in [-0.05, 0) is 18.4 Å². The van der Waals surface area contributed by atoms with Gasteiger partial charge >= 0.3 is 5.97 Å². The molecule has 1 rings (SSSR count). The smallest absolute Gasteiger partial charge is 0.306 e. The molecule has 86 valence electrons. The van der Waals surface area contributed by atoms with Crippen molar-refractivity contribution < 1.29 is 14.8 Å². The van der Waals surface area contributed by atoms with E-state index in [2.05, 4.69) is 0 Å². The summed E-state index contributed by atoms with van der Waals surface area (Å²) in [6, 6.07) is 6.09. The topological polar surface area (TPSA) is 80.4 Å². The van der Waals surface area contributed by atoms with Gasteiger partial charge in [0.15, 0.2) is 0 Å². The number of nitrogens with zero attached hydrogens (tertiary/aromatic N) is 1. The summed E-state index contributed by atoms with van der Waals surface area (Å²) in [6.07, 6.45) is 0.839. The van der Waals surface area contributed by atoms with Crippen LogP contribution in [0, 0.1) is 16.0 Å². The molecule has 5 heteroatoms. The fraction of sp³-hybridized carbons (Fsp3) is 0.364. The van der Waals surface area contributed by atoms with E-state index in [1.54, 1.807) is 19.1 Å². The molecule has 1 aromatic rings. The van der Waals surface area contributed by atoms with Gasteiger partial charge in [0.25, 0.3) is 5.69 Å². The van der Waals surface area contributed by atoms with Gasteiger partial charge in [0.05, 0.1) is 10.8 Å². The number of rotatable bonds is 5. The second-order valence-electron chi connectivity index (χ2n) is 3.57. The molecule has 0 unspecified atom stereocenters. The van der Waals surface area contributed by atoms with Crippen molar-refractivity contribution in [2.75, 3.05) is 0 Å². The monoisotopic (exact) mass is 223 g/mol. The molecule has 0 bridgehead atoms. The summed E-state index contributed by atoms with van der Waals surface area (Å²) in [5.74, 6) is -1.35. The number of benzene rings is 1. The van der Waals surface area contributed by atoms with Crippen LogP contribution in [0.3, 0.4) is 0 Å². The Hall–Kier alpha value is -1.91. The van der Waals surface area contributed by atoms with E-state index in [0.717, 1.165) is 0 Å². The Kier molecular flexibility index (Phi) is 3.99. The van der Waals surface area contributed by atoms with E-state index in [0.29, 0.717) is 18.4 Å². The molecule has 1 atom stereocenters. The highest BCUT2D eigenvalue weighted by Gasteiger charge is 2.16. The van der Waals surface area contributed by atoms with Gasteiger partial charge in [-0.2, -0.15) is 0 Å². The van der Waals surface area contributed by atoms with Crippen molar-refractivity contribution in [2.24, 2.45) is 5.92 Å². The third-order valence-corrected chi connectivity index (χ3v) is 2.45. The van der Waals surface area contributed by atoms with Crippen molar-refractivity contribution in [3.8, 4) is 0 Å². The number of carboxylic acids is 1. The molecule has 0 aliphatic heterocycles.